The van der Waals surface area contributed by atoms with Crippen molar-refractivity contribution in [2.24, 2.45) is 5.92 Å². The number of nitrogens with one attached hydrogen (secondary N) is 1. The molecule has 25 heavy (non-hydrogen) atoms. The van der Waals surface area contributed by atoms with E-state index >= 15 is 0 Å². The number of likely N-dealkylation sites (tertiary alicyclic amines) is 1. The molecule has 3 heterocycles. The minimum atomic E-state index is 0.263. The van der Waals surface area contributed by atoms with Crippen molar-refractivity contribution < 1.29 is 0 Å². The quantitative estimate of drug-likeness (QED) is 0.739. The number of nitrogen functional groups attached to an aromatic ring is 1. The summed E-state index contributed by atoms with van der Waals surface area (Å²) in [6, 6.07) is 10.7. The van der Waals surface area contributed by atoms with Gasteiger partial charge in [-0.15, -0.1) is 0 Å². The second-order valence-corrected chi connectivity index (χ2v) is 6.76. The van der Waals surface area contributed by atoms with Gasteiger partial charge in [0.1, 0.15) is 5.52 Å². The Bertz CT molecular complexity index is 845. The van der Waals surface area contributed by atoms with Gasteiger partial charge >= 0.3 is 0 Å². The molecule has 3 aromatic rings. The summed E-state index contributed by atoms with van der Waals surface area (Å²) >= 11 is 0. The minimum Gasteiger partial charge on any atom is -0.368 e. The zero-order chi connectivity index (χ0) is 17.2. The molecular formula is C18H23N7. The third kappa shape index (κ3) is 3.41. The van der Waals surface area contributed by atoms with E-state index in [2.05, 4.69) is 67.1 Å². The lowest BCUT2D eigenvalue weighted by molar-refractivity contribution is 0.317. The standard InChI is InChI=1S/C18H23N7/c1-24(17-15-16(21-12-20-15)22-18(19)23-17)9-14-7-8-25(11-14)10-13-5-3-2-4-6-13/h2-6,12,14H,7-11H2,1H3,(H3,19,20,21,22,23). The molecule has 0 saturated carbocycles. The lowest BCUT2D eigenvalue weighted by Gasteiger charge is -2.23. The molecule has 0 radical (unpaired) electrons. The summed E-state index contributed by atoms with van der Waals surface area (Å²) in [5.41, 5.74) is 8.66. The van der Waals surface area contributed by atoms with Crippen molar-refractivity contribution in [1.82, 2.24) is 24.8 Å². The molecule has 4 rings (SSSR count). The first kappa shape index (κ1) is 15.8. The molecule has 1 unspecified atom stereocenters. The Morgan fingerprint density at radius 2 is 2.12 bits per heavy atom. The number of aromatic nitrogens is 4. The number of anilines is 2. The lowest BCUT2D eigenvalue weighted by Crippen LogP contribution is -2.29. The number of benzene rings is 1. The Balaban J connectivity index is 1.41. The van der Waals surface area contributed by atoms with Crippen molar-refractivity contribution >= 4 is 22.9 Å². The third-order valence-corrected chi connectivity index (χ3v) is 4.80. The Morgan fingerprint density at radius 1 is 1.28 bits per heavy atom. The van der Waals surface area contributed by atoms with Gasteiger partial charge in [0.2, 0.25) is 5.95 Å². The van der Waals surface area contributed by atoms with Crippen molar-refractivity contribution in [3.8, 4) is 0 Å². The summed E-state index contributed by atoms with van der Waals surface area (Å²) in [4.78, 5) is 20.6. The van der Waals surface area contributed by atoms with Crippen LogP contribution in [-0.2, 0) is 6.54 Å². The Hall–Kier alpha value is -2.67. The molecule has 0 bridgehead atoms. The molecule has 0 spiro atoms. The van der Waals surface area contributed by atoms with Crippen molar-refractivity contribution in [2.45, 2.75) is 13.0 Å². The fourth-order valence-electron chi connectivity index (χ4n) is 3.63. The molecule has 1 atom stereocenters. The van der Waals surface area contributed by atoms with Crippen molar-refractivity contribution in [3.05, 3.63) is 42.2 Å². The molecule has 7 heteroatoms. The van der Waals surface area contributed by atoms with E-state index in [4.69, 9.17) is 5.73 Å². The van der Waals surface area contributed by atoms with Crippen LogP contribution in [0.1, 0.15) is 12.0 Å². The summed E-state index contributed by atoms with van der Waals surface area (Å²) in [7, 11) is 2.06. The fraction of sp³-hybridized carbons (Fsp3) is 0.389. The normalized spacial score (nSPS) is 18.0. The average molecular weight is 337 g/mol. The number of nitrogens with zero attached hydrogens (tertiary/aromatic N) is 5. The zero-order valence-corrected chi connectivity index (χ0v) is 14.4. The summed E-state index contributed by atoms with van der Waals surface area (Å²) in [5, 5.41) is 0. The maximum atomic E-state index is 5.83. The van der Waals surface area contributed by atoms with Crippen LogP contribution in [0.4, 0.5) is 11.8 Å². The van der Waals surface area contributed by atoms with Gasteiger partial charge in [-0.1, -0.05) is 30.3 Å². The van der Waals surface area contributed by atoms with Gasteiger partial charge in [-0.05, 0) is 24.4 Å². The molecule has 1 aliphatic heterocycles. The summed E-state index contributed by atoms with van der Waals surface area (Å²) in [6.07, 6.45) is 2.83. The third-order valence-electron chi connectivity index (χ3n) is 4.80. The van der Waals surface area contributed by atoms with Crippen LogP contribution in [0.25, 0.3) is 11.2 Å². The monoisotopic (exact) mass is 337 g/mol. The van der Waals surface area contributed by atoms with Crippen molar-refractivity contribution in [3.63, 3.8) is 0 Å². The summed E-state index contributed by atoms with van der Waals surface area (Å²) in [6.45, 7) is 4.20. The Morgan fingerprint density at radius 3 is 2.96 bits per heavy atom. The average Bonchev–Trinajstić information content (AvgIpc) is 3.24. The highest BCUT2D eigenvalue weighted by molar-refractivity contribution is 5.83. The van der Waals surface area contributed by atoms with Crippen LogP contribution in [0, 0.1) is 5.92 Å². The Labute approximate surface area is 146 Å². The van der Waals surface area contributed by atoms with E-state index in [1.807, 2.05) is 0 Å². The number of imidazole rings is 1. The smallest absolute Gasteiger partial charge is 0.224 e. The highest BCUT2D eigenvalue weighted by Gasteiger charge is 2.25. The predicted molar refractivity (Wildman–Crippen MR) is 99.2 cm³/mol. The predicted octanol–water partition coefficient (Wildman–Crippen LogP) is 1.89. The molecule has 7 nitrogen and oxygen atoms in total. The minimum absolute atomic E-state index is 0.263. The number of hydrogen-bond donors (Lipinski definition) is 2. The fourth-order valence-corrected chi connectivity index (χ4v) is 3.63. The number of aromatic amines is 1. The number of nitrogens with two attached hydrogens (primary N) is 1. The van der Waals surface area contributed by atoms with Gasteiger partial charge in [0.25, 0.3) is 0 Å². The van der Waals surface area contributed by atoms with Crippen LogP contribution in [-0.4, -0.2) is 51.5 Å². The molecule has 1 saturated heterocycles. The van der Waals surface area contributed by atoms with E-state index in [1.54, 1.807) is 6.33 Å². The van der Waals surface area contributed by atoms with Crippen LogP contribution in [0.5, 0.6) is 0 Å². The first-order chi connectivity index (χ1) is 12.2. The van der Waals surface area contributed by atoms with Crippen LogP contribution in [0.2, 0.25) is 0 Å². The van der Waals surface area contributed by atoms with Crippen LogP contribution in [0.3, 0.4) is 0 Å². The lowest BCUT2D eigenvalue weighted by atomic mass is 10.1. The second kappa shape index (κ2) is 6.68. The number of fused-ring (bicyclic) bond motifs is 1. The van der Waals surface area contributed by atoms with E-state index in [-0.39, 0.29) is 5.95 Å². The van der Waals surface area contributed by atoms with Gasteiger partial charge in [-0.3, -0.25) is 4.90 Å². The van der Waals surface area contributed by atoms with Gasteiger partial charge in [-0.25, -0.2) is 4.98 Å². The molecule has 1 aromatic carbocycles. The van der Waals surface area contributed by atoms with Crippen molar-refractivity contribution in [2.75, 3.05) is 37.3 Å². The molecule has 1 fully saturated rings. The summed E-state index contributed by atoms with van der Waals surface area (Å²) < 4.78 is 0. The SMILES string of the molecule is CN(CC1CCN(Cc2ccccc2)C1)c1nc(N)nc2nc[nH]c12. The molecule has 2 aromatic heterocycles. The first-order valence-corrected chi connectivity index (χ1v) is 8.63. The highest BCUT2D eigenvalue weighted by Crippen LogP contribution is 2.25. The van der Waals surface area contributed by atoms with E-state index in [1.165, 1.54) is 12.0 Å². The van der Waals surface area contributed by atoms with Gasteiger partial charge < -0.3 is 15.6 Å². The van der Waals surface area contributed by atoms with Crippen molar-refractivity contribution in [1.29, 1.82) is 0 Å². The molecular weight excluding hydrogens is 314 g/mol. The molecule has 1 aliphatic rings. The number of H-pyrrole nitrogens is 1. The molecule has 130 valence electrons. The second-order valence-electron chi connectivity index (χ2n) is 6.76. The highest BCUT2D eigenvalue weighted by atomic mass is 15.2. The van der Waals surface area contributed by atoms with Crippen LogP contribution < -0.4 is 10.6 Å². The largest absolute Gasteiger partial charge is 0.368 e. The van der Waals surface area contributed by atoms with Crippen LogP contribution in [0.15, 0.2) is 36.7 Å². The molecule has 0 aliphatic carbocycles. The van der Waals surface area contributed by atoms with Gasteiger partial charge in [-0.2, -0.15) is 9.97 Å². The van der Waals surface area contributed by atoms with E-state index in [0.717, 1.165) is 37.5 Å². The summed E-state index contributed by atoms with van der Waals surface area (Å²) in [5.74, 6) is 1.70. The van der Waals surface area contributed by atoms with E-state index < -0.39 is 0 Å². The zero-order valence-electron chi connectivity index (χ0n) is 14.4. The van der Waals surface area contributed by atoms with Crippen LogP contribution >= 0.6 is 0 Å². The molecule has 3 N–H and O–H groups in total. The van der Waals surface area contributed by atoms with Gasteiger partial charge in [0.15, 0.2) is 11.5 Å². The first-order valence-electron chi connectivity index (χ1n) is 8.63. The van der Waals surface area contributed by atoms with E-state index in [9.17, 15) is 0 Å². The maximum absolute atomic E-state index is 5.83. The maximum Gasteiger partial charge on any atom is 0.224 e. The topological polar surface area (TPSA) is 87.0 Å². The molecule has 0 amide bonds. The van der Waals surface area contributed by atoms with E-state index in [0.29, 0.717) is 11.6 Å². The van der Waals surface area contributed by atoms with Gasteiger partial charge in [0, 0.05) is 26.7 Å². The van der Waals surface area contributed by atoms with Gasteiger partial charge in [0.05, 0.1) is 6.33 Å². The number of hydrogen-bond acceptors (Lipinski definition) is 6. The Kier molecular flexibility index (Phi) is 4.23. The number of rotatable bonds is 5.